The molecule has 0 aliphatic carbocycles. The van der Waals surface area contributed by atoms with Crippen molar-refractivity contribution < 1.29 is 4.74 Å². The molecule has 4 aromatic rings. The minimum absolute atomic E-state index is 0.429. The van der Waals surface area contributed by atoms with Crippen LogP contribution >= 0.6 is 0 Å². The smallest absolute Gasteiger partial charge is 0.146 e. The highest BCUT2D eigenvalue weighted by Gasteiger charge is 2.15. The van der Waals surface area contributed by atoms with Crippen LogP contribution in [0.3, 0.4) is 0 Å². The quantitative estimate of drug-likeness (QED) is 0.540. The Kier molecular flexibility index (Phi) is 4.22. The summed E-state index contributed by atoms with van der Waals surface area (Å²) in [7, 11) is 0. The van der Waals surface area contributed by atoms with Crippen molar-refractivity contribution in [3.63, 3.8) is 0 Å². The monoisotopic (exact) mass is 358 g/mol. The summed E-state index contributed by atoms with van der Waals surface area (Å²) >= 11 is 0. The molecule has 0 N–H and O–H groups in total. The fourth-order valence-corrected chi connectivity index (χ4v) is 3.85. The zero-order valence-electron chi connectivity index (χ0n) is 15.2. The Bertz CT molecular complexity index is 1050. The molecule has 27 heavy (non-hydrogen) atoms. The number of aromatic nitrogens is 3. The zero-order chi connectivity index (χ0) is 18.1. The first kappa shape index (κ1) is 16.3. The summed E-state index contributed by atoms with van der Waals surface area (Å²) < 4.78 is 8.12. The number of hydrogen-bond donors (Lipinski definition) is 0. The van der Waals surface area contributed by atoms with Gasteiger partial charge in [0.1, 0.15) is 23.5 Å². The lowest BCUT2D eigenvalue weighted by atomic mass is 10.1. The summed E-state index contributed by atoms with van der Waals surface area (Å²) in [5.74, 6) is 0.813. The highest BCUT2D eigenvalue weighted by Crippen LogP contribution is 2.29. The minimum Gasteiger partial charge on any atom is -0.485 e. The molecular formula is C22H22N4O. The van der Waals surface area contributed by atoms with Crippen molar-refractivity contribution >= 4 is 16.6 Å². The van der Waals surface area contributed by atoms with Crippen LogP contribution < -0.4 is 4.74 Å². The van der Waals surface area contributed by atoms with Crippen molar-refractivity contribution in [2.45, 2.75) is 26.0 Å². The number of rotatable bonds is 5. The van der Waals surface area contributed by atoms with E-state index in [4.69, 9.17) is 4.74 Å². The molecule has 0 atom stereocenters. The lowest BCUT2D eigenvalue weighted by molar-refractivity contribution is 0.304. The predicted molar refractivity (Wildman–Crippen MR) is 106 cm³/mol. The summed E-state index contributed by atoms with van der Waals surface area (Å²) in [6.45, 7) is 3.79. The molecule has 0 bridgehead atoms. The van der Waals surface area contributed by atoms with E-state index in [9.17, 15) is 0 Å². The van der Waals surface area contributed by atoms with Crippen LogP contribution in [0.2, 0.25) is 0 Å². The van der Waals surface area contributed by atoms with Crippen LogP contribution in [0.25, 0.3) is 16.6 Å². The first-order chi connectivity index (χ1) is 13.4. The molecule has 0 saturated carbocycles. The average molecular weight is 358 g/mol. The summed E-state index contributed by atoms with van der Waals surface area (Å²) in [5.41, 5.74) is 4.09. The standard InChI is InChI=1S/C22H22N4O/c1-2-13-26-15-18(24-21(26)7-1)16-27-20-9-8-17(14-25-11-3-4-12-25)19-6-5-10-23-22(19)20/h1-2,5-10,13,15H,3-4,11-12,14,16H2. The first-order valence-electron chi connectivity index (χ1n) is 9.51. The maximum atomic E-state index is 6.11. The molecule has 1 aliphatic heterocycles. The third-order valence-corrected chi connectivity index (χ3v) is 5.21. The van der Waals surface area contributed by atoms with Crippen molar-refractivity contribution in [2.24, 2.45) is 0 Å². The normalized spacial score (nSPS) is 15.0. The molecule has 0 spiro atoms. The lowest BCUT2D eigenvalue weighted by Gasteiger charge is -2.17. The van der Waals surface area contributed by atoms with Gasteiger partial charge in [-0.15, -0.1) is 0 Å². The van der Waals surface area contributed by atoms with Crippen LogP contribution in [-0.4, -0.2) is 32.4 Å². The number of benzene rings is 1. The van der Waals surface area contributed by atoms with Gasteiger partial charge < -0.3 is 9.14 Å². The van der Waals surface area contributed by atoms with Crippen molar-refractivity contribution in [1.29, 1.82) is 0 Å². The van der Waals surface area contributed by atoms with Crippen LogP contribution in [-0.2, 0) is 13.2 Å². The van der Waals surface area contributed by atoms with Crippen LogP contribution in [0, 0.1) is 0 Å². The molecule has 5 heteroatoms. The number of fused-ring (bicyclic) bond motifs is 2. The van der Waals surface area contributed by atoms with E-state index in [0.29, 0.717) is 6.61 Å². The van der Waals surface area contributed by atoms with Crippen LogP contribution in [0.4, 0.5) is 0 Å². The molecule has 1 aromatic carbocycles. The van der Waals surface area contributed by atoms with E-state index in [2.05, 4.69) is 33.1 Å². The topological polar surface area (TPSA) is 42.7 Å². The fourth-order valence-electron chi connectivity index (χ4n) is 3.85. The Morgan fingerprint density at radius 3 is 2.81 bits per heavy atom. The van der Waals surface area contributed by atoms with Gasteiger partial charge in [0.05, 0.1) is 5.69 Å². The maximum absolute atomic E-state index is 6.11. The van der Waals surface area contributed by atoms with Crippen LogP contribution in [0.5, 0.6) is 5.75 Å². The Balaban J connectivity index is 1.41. The molecule has 0 amide bonds. The molecule has 136 valence electrons. The minimum atomic E-state index is 0.429. The van der Waals surface area contributed by atoms with Gasteiger partial charge in [0, 0.05) is 30.5 Å². The van der Waals surface area contributed by atoms with Crippen LogP contribution in [0.15, 0.2) is 61.1 Å². The molecule has 1 fully saturated rings. The highest BCUT2D eigenvalue weighted by atomic mass is 16.5. The van der Waals surface area contributed by atoms with Crippen molar-refractivity contribution in [1.82, 2.24) is 19.3 Å². The number of ether oxygens (including phenoxy) is 1. The van der Waals surface area contributed by atoms with E-state index in [0.717, 1.165) is 29.2 Å². The zero-order valence-corrected chi connectivity index (χ0v) is 15.2. The molecule has 3 aromatic heterocycles. The molecule has 5 rings (SSSR count). The summed E-state index contributed by atoms with van der Waals surface area (Å²) in [4.78, 5) is 11.7. The van der Waals surface area contributed by atoms with Gasteiger partial charge in [-0.1, -0.05) is 18.2 Å². The van der Waals surface area contributed by atoms with E-state index in [1.54, 1.807) is 0 Å². The highest BCUT2D eigenvalue weighted by molar-refractivity contribution is 5.87. The fraction of sp³-hybridized carbons (Fsp3) is 0.273. The number of imidazole rings is 1. The lowest BCUT2D eigenvalue weighted by Crippen LogP contribution is -2.18. The predicted octanol–water partition coefficient (Wildman–Crippen LogP) is 4.06. The molecule has 1 aliphatic rings. The molecular weight excluding hydrogens is 336 g/mol. The molecule has 0 radical (unpaired) electrons. The average Bonchev–Trinajstić information content (AvgIpc) is 3.36. The number of nitrogens with zero attached hydrogens (tertiary/aromatic N) is 4. The second-order valence-corrected chi connectivity index (χ2v) is 7.09. The maximum Gasteiger partial charge on any atom is 0.146 e. The van der Waals surface area contributed by atoms with Gasteiger partial charge in [-0.2, -0.15) is 0 Å². The summed E-state index contributed by atoms with van der Waals surface area (Å²) in [6, 6.07) is 14.4. The largest absolute Gasteiger partial charge is 0.485 e. The van der Waals surface area contributed by atoms with E-state index >= 15 is 0 Å². The Morgan fingerprint density at radius 2 is 1.93 bits per heavy atom. The van der Waals surface area contributed by atoms with Crippen molar-refractivity contribution in [3.8, 4) is 5.75 Å². The van der Waals surface area contributed by atoms with Gasteiger partial charge in [-0.05, 0) is 55.8 Å². The summed E-state index contributed by atoms with van der Waals surface area (Å²) in [6.07, 6.45) is 8.44. The molecule has 4 heterocycles. The van der Waals surface area contributed by atoms with Crippen LogP contribution in [0.1, 0.15) is 24.1 Å². The van der Waals surface area contributed by atoms with Crippen molar-refractivity contribution in [3.05, 3.63) is 72.3 Å². The Hall–Kier alpha value is -2.92. The molecule has 1 saturated heterocycles. The molecule has 5 nitrogen and oxygen atoms in total. The SMILES string of the molecule is c1cnc2c(OCc3cn4ccccc4n3)ccc(CN3CCCC3)c2c1. The van der Waals surface area contributed by atoms with Gasteiger partial charge in [0.15, 0.2) is 0 Å². The van der Waals surface area contributed by atoms with Gasteiger partial charge in [0.2, 0.25) is 0 Å². The van der Waals surface area contributed by atoms with E-state index in [1.807, 2.05) is 47.3 Å². The Labute approximate surface area is 158 Å². The van der Waals surface area contributed by atoms with Gasteiger partial charge >= 0.3 is 0 Å². The van der Waals surface area contributed by atoms with Gasteiger partial charge in [-0.25, -0.2) is 4.98 Å². The third kappa shape index (κ3) is 3.26. The Morgan fingerprint density at radius 1 is 1.00 bits per heavy atom. The first-order valence-corrected chi connectivity index (χ1v) is 9.51. The van der Waals surface area contributed by atoms with E-state index in [-0.39, 0.29) is 0 Å². The van der Waals surface area contributed by atoms with Gasteiger partial charge in [-0.3, -0.25) is 9.88 Å². The van der Waals surface area contributed by atoms with E-state index < -0.39 is 0 Å². The number of hydrogen-bond acceptors (Lipinski definition) is 4. The second kappa shape index (κ2) is 7.00. The third-order valence-electron chi connectivity index (χ3n) is 5.21. The molecule has 0 unspecified atom stereocenters. The summed E-state index contributed by atoms with van der Waals surface area (Å²) in [5, 5.41) is 1.18. The van der Waals surface area contributed by atoms with Crippen molar-refractivity contribution in [2.75, 3.05) is 13.1 Å². The van der Waals surface area contributed by atoms with E-state index in [1.165, 1.54) is 36.9 Å². The van der Waals surface area contributed by atoms with Gasteiger partial charge in [0.25, 0.3) is 0 Å². The number of likely N-dealkylation sites (tertiary alicyclic amines) is 1. The second-order valence-electron chi connectivity index (χ2n) is 7.09. The number of pyridine rings is 2.